The summed E-state index contributed by atoms with van der Waals surface area (Å²) in [7, 11) is 0. The number of nitrogens with zero attached hydrogens (tertiary/aromatic N) is 2. The highest BCUT2D eigenvalue weighted by molar-refractivity contribution is 7.20. The van der Waals surface area contributed by atoms with E-state index in [1.54, 1.807) is 17.0 Å². The number of anilines is 1. The van der Waals surface area contributed by atoms with E-state index < -0.39 is 0 Å². The molecule has 4 rings (SSSR count). The van der Waals surface area contributed by atoms with Gasteiger partial charge in [-0.2, -0.15) is 0 Å². The number of halogens is 1. The molecule has 1 aliphatic carbocycles. The van der Waals surface area contributed by atoms with Crippen molar-refractivity contribution in [3.8, 4) is 5.75 Å². The van der Waals surface area contributed by atoms with Gasteiger partial charge in [-0.3, -0.25) is 4.79 Å². The number of carbonyl (C=O) groups is 2. The van der Waals surface area contributed by atoms with Crippen molar-refractivity contribution in [1.29, 1.82) is 0 Å². The van der Waals surface area contributed by atoms with Crippen molar-refractivity contribution in [1.82, 2.24) is 4.90 Å². The number of para-hydroxylation sites is 1. The van der Waals surface area contributed by atoms with Crippen molar-refractivity contribution in [2.45, 2.75) is 31.7 Å². The Morgan fingerprint density at radius 3 is 2.36 bits per heavy atom. The molecule has 1 aromatic heterocycles. The average Bonchev–Trinajstić information content (AvgIpc) is 3.47. The summed E-state index contributed by atoms with van der Waals surface area (Å²) in [6.07, 6.45) is 4.70. The number of benzene rings is 1. The van der Waals surface area contributed by atoms with Crippen LogP contribution in [-0.4, -0.2) is 36.5 Å². The van der Waals surface area contributed by atoms with Crippen molar-refractivity contribution in [3.63, 3.8) is 0 Å². The van der Waals surface area contributed by atoms with Gasteiger partial charge in [0, 0.05) is 19.1 Å². The molecule has 5 nitrogen and oxygen atoms in total. The normalized spacial score (nSPS) is 18.5. The highest BCUT2D eigenvalue weighted by Crippen LogP contribution is 2.44. The predicted molar refractivity (Wildman–Crippen MR) is 111 cm³/mol. The highest BCUT2D eigenvalue weighted by Gasteiger charge is 2.42. The molecular formula is C21H23ClN2O3S. The van der Waals surface area contributed by atoms with Crippen LogP contribution < -0.4 is 9.64 Å². The minimum atomic E-state index is -0.301. The molecule has 2 aliphatic rings. The van der Waals surface area contributed by atoms with Gasteiger partial charge in [0.05, 0.1) is 9.34 Å². The Kier molecular flexibility index (Phi) is 5.87. The number of carbonyl (C=O) groups excluding carboxylic acids is 2. The lowest BCUT2D eigenvalue weighted by Crippen LogP contribution is -2.48. The molecule has 7 heteroatoms. The van der Waals surface area contributed by atoms with E-state index in [0.717, 1.165) is 37.1 Å². The lowest BCUT2D eigenvalue weighted by atomic mass is 9.86. The van der Waals surface area contributed by atoms with Gasteiger partial charge in [-0.25, -0.2) is 4.79 Å². The number of likely N-dealkylation sites (tertiary alicyclic amines) is 1. The smallest absolute Gasteiger partial charge is 0.410 e. The van der Waals surface area contributed by atoms with E-state index in [2.05, 4.69) is 0 Å². The summed E-state index contributed by atoms with van der Waals surface area (Å²) in [5, 5.41) is 0.905. The third kappa shape index (κ3) is 4.33. The molecule has 0 spiro atoms. The zero-order valence-corrected chi connectivity index (χ0v) is 17.1. The Morgan fingerprint density at radius 2 is 1.79 bits per heavy atom. The van der Waals surface area contributed by atoms with E-state index in [9.17, 15) is 9.59 Å². The number of piperidine rings is 1. The van der Waals surface area contributed by atoms with Crippen LogP contribution in [0.2, 0.25) is 4.34 Å². The van der Waals surface area contributed by atoms with E-state index in [1.165, 1.54) is 11.3 Å². The van der Waals surface area contributed by atoms with Crippen molar-refractivity contribution < 1.29 is 14.3 Å². The van der Waals surface area contributed by atoms with Gasteiger partial charge < -0.3 is 14.5 Å². The van der Waals surface area contributed by atoms with Crippen LogP contribution in [0, 0.1) is 11.8 Å². The van der Waals surface area contributed by atoms with Gasteiger partial charge in [0.25, 0.3) is 0 Å². The first-order valence-corrected chi connectivity index (χ1v) is 10.9. The van der Waals surface area contributed by atoms with Crippen LogP contribution >= 0.6 is 22.9 Å². The quantitative estimate of drug-likeness (QED) is 0.616. The standard InChI is InChI=1S/C21H23ClN2O3S/c22-18-8-9-19(28-18)24(14-25)20(15-6-7-15)16-10-12-23(13-11-16)21(26)27-17-4-2-1-3-5-17/h1-5,8-9,14-16,20H,6-7,10-13H2. The maximum Gasteiger partial charge on any atom is 0.415 e. The monoisotopic (exact) mass is 418 g/mol. The molecule has 1 aliphatic heterocycles. The second-order valence-corrected chi connectivity index (χ2v) is 9.12. The van der Waals surface area contributed by atoms with Gasteiger partial charge in [0.1, 0.15) is 5.75 Å². The number of rotatable bonds is 6. The topological polar surface area (TPSA) is 49.9 Å². The number of hydrogen-bond donors (Lipinski definition) is 0. The minimum Gasteiger partial charge on any atom is -0.410 e. The summed E-state index contributed by atoms with van der Waals surface area (Å²) in [6, 6.07) is 13.1. The first kappa shape index (κ1) is 19.3. The molecule has 1 unspecified atom stereocenters. The van der Waals surface area contributed by atoms with E-state index >= 15 is 0 Å². The van der Waals surface area contributed by atoms with Gasteiger partial charge in [-0.15, -0.1) is 11.3 Å². The highest BCUT2D eigenvalue weighted by atomic mass is 35.5. The molecule has 148 valence electrons. The minimum absolute atomic E-state index is 0.180. The summed E-state index contributed by atoms with van der Waals surface area (Å²) < 4.78 is 6.15. The summed E-state index contributed by atoms with van der Waals surface area (Å²) in [6.45, 7) is 1.30. The van der Waals surface area contributed by atoms with E-state index in [1.807, 2.05) is 35.2 Å². The third-order valence-electron chi connectivity index (χ3n) is 5.58. The van der Waals surface area contributed by atoms with Gasteiger partial charge in [-0.1, -0.05) is 29.8 Å². The van der Waals surface area contributed by atoms with Crippen LogP contribution in [0.1, 0.15) is 25.7 Å². The van der Waals surface area contributed by atoms with Gasteiger partial charge in [0.2, 0.25) is 6.41 Å². The average molecular weight is 419 g/mol. The first-order chi connectivity index (χ1) is 13.7. The molecule has 0 N–H and O–H groups in total. The molecule has 0 bridgehead atoms. The van der Waals surface area contributed by atoms with Gasteiger partial charge in [0.15, 0.2) is 0 Å². The predicted octanol–water partition coefficient (Wildman–Crippen LogP) is 5.05. The lowest BCUT2D eigenvalue weighted by molar-refractivity contribution is -0.108. The fourth-order valence-electron chi connectivity index (χ4n) is 4.07. The van der Waals surface area contributed by atoms with Crippen LogP contribution in [0.3, 0.4) is 0 Å². The second-order valence-electron chi connectivity index (χ2n) is 7.42. The molecule has 1 aromatic carbocycles. The Labute approximate surface area is 173 Å². The first-order valence-electron chi connectivity index (χ1n) is 9.66. The Morgan fingerprint density at radius 1 is 1.11 bits per heavy atom. The number of ether oxygens (including phenoxy) is 1. The Balaban J connectivity index is 1.39. The van der Waals surface area contributed by atoms with Crippen LogP contribution in [0.15, 0.2) is 42.5 Å². The van der Waals surface area contributed by atoms with Crippen molar-refractivity contribution in [2.24, 2.45) is 11.8 Å². The van der Waals surface area contributed by atoms with Crippen molar-refractivity contribution >= 4 is 40.4 Å². The van der Waals surface area contributed by atoms with Gasteiger partial charge >= 0.3 is 6.09 Å². The largest absolute Gasteiger partial charge is 0.415 e. The molecular weight excluding hydrogens is 396 g/mol. The van der Waals surface area contributed by atoms with Crippen LogP contribution in [0.25, 0.3) is 0 Å². The summed E-state index contributed by atoms with van der Waals surface area (Å²) >= 11 is 7.53. The zero-order valence-electron chi connectivity index (χ0n) is 15.5. The maximum absolute atomic E-state index is 12.4. The summed E-state index contributed by atoms with van der Waals surface area (Å²) in [5.41, 5.74) is 0. The number of amides is 2. The van der Waals surface area contributed by atoms with E-state index in [-0.39, 0.29) is 12.1 Å². The second kappa shape index (κ2) is 8.53. The molecule has 2 amide bonds. The lowest BCUT2D eigenvalue weighted by Gasteiger charge is -2.39. The molecule has 28 heavy (non-hydrogen) atoms. The summed E-state index contributed by atoms with van der Waals surface area (Å²) in [4.78, 5) is 28.0. The third-order valence-corrected chi connectivity index (χ3v) is 6.83. The number of hydrogen-bond acceptors (Lipinski definition) is 4. The molecule has 2 aromatic rings. The van der Waals surface area contributed by atoms with E-state index in [0.29, 0.717) is 35.0 Å². The van der Waals surface area contributed by atoms with Crippen molar-refractivity contribution in [2.75, 3.05) is 18.0 Å². The zero-order chi connectivity index (χ0) is 19.5. The van der Waals surface area contributed by atoms with Crippen LogP contribution in [0.5, 0.6) is 5.75 Å². The SMILES string of the molecule is O=CN(c1ccc(Cl)s1)C(C1CC1)C1CCN(C(=O)Oc2ccccc2)CC1. The molecule has 2 heterocycles. The maximum atomic E-state index is 12.4. The summed E-state index contributed by atoms with van der Waals surface area (Å²) in [5.74, 6) is 1.48. The Hall–Kier alpha value is -2.05. The molecule has 0 radical (unpaired) electrons. The van der Waals surface area contributed by atoms with Crippen LogP contribution in [0.4, 0.5) is 9.80 Å². The molecule has 2 fully saturated rings. The van der Waals surface area contributed by atoms with Gasteiger partial charge in [-0.05, 0) is 61.8 Å². The molecule has 1 saturated heterocycles. The number of thiophene rings is 1. The fourth-order valence-corrected chi connectivity index (χ4v) is 5.11. The van der Waals surface area contributed by atoms with Crippen LogP contribution in [-0.2, 0) is 4.79 Å². The Bertz CT molecular complexity index is 816. The fraction of sp³-hybridized carbons (Fsp3) is 0.429. The van der Waals surface area contributed by atoms with Crippen molar-refractivity contribution in [3.05, 3.63) is 46.8 Å². The molecule has 1 atom stereocenters. The van der Waals surface area contributed by atoms with E-state index in [4.69, 9.17) is 16.3 Å². The molecule has 1 saturated carbocycles.